The summed E-state index contributed by atoms with van der Waals surface area (Å²) in [5.41, 5.74) is 4.18. The Morgan fingerprint density at radius 1 is 0.414 bits per heavy atom. The number of halogens is 4. The van der Waals surface area contributed by atoms with Crippen molar-refractivity contribution < 1.29 is 8.78 Å². The van der Waals surface area contributed by atoms with E-state index in [1.165, 1.54) is 24.3 Å². The summed E-state index contributed by atoms with van der Waals surface area (Å²) in [7, 11) is 0. The number of hydrogen-bond donors (Lipinski definition) is 0. The summed E-state index contributed by atoms with van der Waals surface area (Å²) in [6.07, 6.45) is -1.61. The van der Waals surface area contributed by atoms with Gasteiger partial charge in [0.1, 0.15) is 17.8 Å². The van der Waals surface area contributed by atoms with Crippen LogP contribution in [-0.4, -0.2) is 6.15 Å². The minimum Gasteiger partial charge on any atom is -0.207 e. The molecule has 0 fully saturated rings. The molecule has 0 spiro atoms. The summed E-state index contributed by atoms with van der Waals surface area (Å²) >= 11 is 4.58. The van der Waals surface area contributed by atoms with Crippen LogP contribution in [0.25, 0.3) is 0 Å². The highest BCUT2D eigenvalue weighted by Gasteiger charge is 2.31. The van der Waals surface area contributed by atoms with E-state index in [2.05, 4.69) is 93.7 Å². The predicted molar refractivity (Wildman–Crippen MR) is 135 cm³/mol. The van der Waals surface area contributed by atoms with Crippen LogP contribution in [0.4, 0.5) is 8.78 Å². The fraction of sp³-hybridized carbons (Fsp3) is 0. The maximum atomic E-state index is 13.8. The van der Waals surface area contributed by atoms with Crippen molar-refractivity contribution in [2.24, 2.45) is 0 Å². The van der Waals surface area contributed by atoms with Crippen LogP contribution in [0.3, 0.4) is 0 Å². The molecule has 0 saturated carbocycles. The monoisotopic (exact) mass is 607 g/mol. The third-order valence-electron chi connectivity index (χ3n) is 5.48. The summed E-state index contributed by atoms with van der Waals surface area (Å²) < 4.78 is 29.9. The summed E-state index contributed by atoms with van der Waals surface area (Å²) in [6.45, 7) is 0. The van der Waals surface area contributed by atoms with Crippen LogP contribution in [-0.2, 0) is 0 Å². The molecule has 144 valence electrons. The molecular formula is C24H16BF2I2-. The van der Waals surface area contributed by atoms with Gasteiger partial charge in [0.05, 0.1) is 0 Å². The van der Waals surface area contributed by atoms with E-state index in [9.17, 15) is 8.78 Å². The summed E-state index contributed by atoms with van der Waals surface area (Å²) in [6, 6.07) is 30.1. The van der Waals surface area contributed by atoms with Crippen molar-refractivity contribution in [1.82, 2.24) is 0 Å². The van der Waals surface area contributed by atoms with Gasteiger partial charge in [-0.25, -0.2) is 8.78 Å². The molecule has 0 unspecified atom stereocenters. The van der Waals surface area contributed by atoms with E-state index in [0.717, 1.165) is 29.0 Å². The van der Waals surface area contributed by atoms with Crippen molar-refractivity contribution in [2.75, 3.05) is 0 Å². The lowest BCUT2D eigenvalue weighted by Crippen LogP contribution is -2.74. The molecule has 0 aromatic heterocycles. The van der Waals surface area contributed by atoms with Crippen molar-refractivity contribution >= 4 is 73.2 Å². The summed E-state index contributed by atoms with van der Waals surface area (Å²) in [5, 5.41) is 0. The Balaban J connectivity index is 2.11. The highest BCUT2D eigenvalue weighted by atomic mass is 127. The van der Waals surface area contributed by atoms with E-state index in [4.69, 9.17) is 0 Å². The van der Waals surface area contributed by atoms with Gasteiger partial charge in [0.25, 0.3) is 0 Å². The summed E-state index contributed by atoms with van der Waals surface area (Å²) in [4.78, 5) is 0. The zero-order valence-electron chi connectivity index (χ0n) is 15.3. The van der Waals surface area contributed by atoms with Crippen molar-refractivity contribution in [3.8, 4) is 0 Å². The minimum atomic E-state index is -1.61. The fourth-order valence-corrected chi connectivity index (χ4v) is 4.88. The third-order valence-corrected chi connectivity index (χ3v) is 6.92. The topological polar surface area (TPSA) is 0 Å². The second-order valence-electron chi connectivity index (χ2n) is 7.07. The van der Waals surface area contributed by atoms with Crippen LogP contribution < -0.4 is 21.9 Å². The standard InChI is InChI=1S/C24H16BF2I2/c26-21-9-1-17(2-10-21)25(18-3-11-22(27)12-4-18,19-5-13-23(28)14-6-19)20-7-15-24(29)16-8-20/h1-16H/q-1. The number of hydrogen-bond acceptors (Lipinski definition) is 0. The maximum Gasteiger partial charge on any atom is 0.122 e. The SMILES string of the molecule is Fc1ccc([B-](c2ccc(F)cc2)(c2ccc(I)cc2)c2ccc(I)cc2)cc1. The highest BCUT2D eigenvalue weighted by molar-refractivity contribution is 14.1. The Bertz CT molecular complexity index is 920. The molecule has 0 saturated heterocycles. The number of rotatable bonds is 4. The van der Waals surface area contributed by atoms with E-state index < -0.39 is 6.15 Å². The van der Waals surface area contributed by atoms with E-state index in [-0.39, 0.29) is 11.6 Å². The van der Waals surface area contributed by atoms with Crippen molar-refractivity contribution in [1.29, 1.82) is 0 Å². The molecule has 4 aromatic carbocycles. The average molecular weight is 607 g/mol. The first-order valence-electron chi connectivity index (χ1n) is 9.20. The first kappa shape index (κ1) is 20.5. The van der Waals surface area contributed by atoms with Crippen LogP contribution in [0.15, 0.2) is 97.1 Å². The molecule has 0 atom stereocenters. The van der Waals surface area contributed by atoms with Gasteiger partial charge < -0.3 is 0 Å². The first-order valence-corrected chi connectivity index (χ1v) is 11.4. The largest absolute Gasteiger partial charge is 0.207 e. The molecule has 0 bridgehead atoms. The molecule has 0 aliphatic heterocycles. The third kappa shape index (κ3) is 3.99. The maximum absolute atomic E-state index is 13.8. The quantitative estimate of drug-likeness (QED) is 0.236. The molecule has 0 aliphatic carbocycles. The lowest BCUT2D eigenvalue weighted by atomic mass is 9.13. The number of benzene rings is 4. The van der Waals surface area contributed by atoms with Gasteiger partial charge in [-0.2, -0.15) is 21.9 Å². The Morgan fingerprint density at radius 3 is 0.931 bits per heavy atom. The van der Waals surface area contributed by atoms with E-state index in [1.54, 1.807) is 0 Å². The van der Waals surface area contributed by atoms with E-state index in [0.29, 0.717) is 0 Å². The zero-order valence-corrected chi connectivity index (χ0v) is 19.6. The predicted octanol–water partition coefficient (Wildman–Crippen LogP) is 4.55. The Morgan fingerprint density at radius 2 is 0.655 bits per heavy atom. The van der Waals surface area contributed by atoms with Gasteiger partial charge in [-0.1, -0.05) is 72.8 Å². The van der Waals surface area contributed by atoms with Gasteiger partial charge in [-0.3, -0.25) is 0 Å². The van der Waals surface area contributed by atoms with Crippen LogP contribution in [0, 0.1) is 18.8 Å². The van der Waals surface area contributed by atoms with E-state index >= 15 is 0 Å². The van der Waals surface area contributed by atoms with Crippen molar-refractivity contribution in [3.63, 3.8) is 0 Å². The average Bonchev–Trinajstić information content (AvgIpc) is 2.73. The smallest absolute Gasteiger partial charge is 0.122 e. The molecule has 0 radical (unpaired) electrons. The molecule has 0 amide bonds. The molecule has 4 rings (SSSR count). The molecular weight excluding hydrogens is 591 g/mol. The molecule has 0 aliphatic rings. The normalized spacial score (nSPS) is 11.4. The molecule has 0 heterocycles. The molecule has 5 heteroatoms. The van der Waals surface area contributed by atoms with Crippen molar-refractivity contribution in [3.05, 3.63) is 116 Å². The second-order valence-corrected chi connectivity index (χ2v) is 9.56. The molecule has 0 N–H and O–H groups in total. The van der Waals surface area contributed by atoms with Crippen LogP contribution in [0.1, 0.15) is 0 Å². The molecule has 4 aromatic rings. The minimum absolute atomic E-state index is 0.275. The van der Waals surface area contributed by atoms with Crippen LogP contribution in [0.2, 0.25) is 0 Å². The van der Waals surface area contributed by atoms with Gasteiger partial charge in [-0.05, 0) is 69.4 Å². The van der Waals surface area contributed by atoms with Gasteiger partial charge in [0.15, 0.2) is 0 Å². The van der Waals surface area contributed by atoms with Gasteiger partial charge in [0, 0.05) is 7.14 Å². The Hall–Kier alpha value is -1.74. The second kappa shape index (κ2) is 8.56. The summed E-state index contributed by atoms with van der Waals surface area (Å²) in [5.74, 6) is -0.550. The lowest BCUT2D eigenvalue weighted by Gasteiger charge is -2.44. The Kier molecular flexibility index (Phi) is 6.06. The zero-order chi connectivity index (χ0) is 20.4. The molecule has 0 nitrogen and oxygen atoms in total. The fourth-order valence-electron chi connectivity index (χ4n) is 4.16. The van der Waals surface area contributed by atoms with E-state index in [1.807, 2.05) is 24.3 Å². The van der Waals surface area contributed by atoms with Crippen molar-refractivity contribution in [2.45, 2.75) is 0 Å². The van der Waals surface area contributed by atoms with Crippen LogP contribution >= 0.6 is 45.2 Å². The molecule has 29 heavy (non-hydrogen) atoms. The lowest BCUT2D eigenvalue weighted by molar-refractivity contribution is 0.628. The first-order chi connectivity index (χ1) is 14.0. The van der Waals surface area contributed by atoms with Gasteiger partial charge in [-0.15, -0.1) is 0 Å². The van der Waals surface area contributed by atoms with Crippen LogP contribution in [0.5, 0.6) is 0 Å². The van der Waals surface area contributed by atoms with Gasteiger partial charge >= 0.3 is 0 Å². The Labute approximate surface area is 196 Å². The highest BCUT2D eigenvalue weighted by Crippen LogP contribution is 2.13. The van der Waals surface area contributed by atoms with Gasteiger partial charge in [0.2, 0.25) is 0 Å².